The second-order valence-corrected chi connectivity index (χ2v) is 5.05. The number of hydrogen-bond donors (Lipinski definition) is 1. The van der Waals surface area contributed by atoms with Crippen molar-refractivity contribution >= 4 is 11.6 Å². The van der Waals surface area contributed by atoms with E-state index in [2.05, 4.69) is 0 Å². The summed E-state index contributed by atoms with van der Waals surface area (Å²) in [4.78, 5) is 0. The topological polar surface area (TPSA) is 20.2 Å². The lowest BCUT2D eigenvalue weighted by molar-refractivity contribution is -0.137. The number of rotatable bonds is 2. The molecule has 0 heterocycles. The standard InChI is InChI=1S/C15H11ClF4O/c1-8-6-10(15(18,19)20)3-4-11(8)14(21)9-2-5-13(17)12(16)7-9/h2-7,14,21H,1H3. The Hall–Kier alpha value is -1.59. The van der Waals surface area contributed by atoms with E-state index in [9.17, 15) is 22.7 Å². The molecule has 1 nitrogen and oxygen atoms in total. The zero-order valence-corrected chi connectivity index (χ0v) is 11.6. The molecule has 21 heavy (non-hydrogen) atoms. The van der Waals surface area contributed by atoms with Crippen molar-refractivity contribution in [1.29, 1.82) is 0 Å². The van der Waals surface area contributed by atoms with Crippen molar-refractivity contribution in [1.82, 2.24) is 0 Å². The second kappa shape index (κ2) is 5.66. The lowest BCUT2D eigenvalue weighted by atomic mass is 9.96. The minimum atomic E-state index is -4.44. The Morgan fingerprint density at radius 2 is 1.76 bits per heavy atom. The fourth-order valence-corrected chi connectivity index (χ4v) is 2.21. The van der Waals surface area contributed by atoms with Crippen LogP contribution >= 0.6 is 11.6 Å². The van der Waals surface area contributed by atoms with E-state index < -0.39 is 23.7 Å². The molecule has 0 bridgehead atoms. The molecule has 2 rings (SSSR count). The van der Waals surface area contributed by atoms with Crippen LogP contribution in [-0.2, 0) is 6.18 Å². The van der Waals surface area contributed by atoms with Gasteiger partial charge in [-0.1, -0.05) is 23.7 Å². The van der Waals surface area contributed by atoms with E-state index in [1.54, 1.807) is 0 Å². The summed E-state index contributed by atoms with van der Waals surface area (Å²) in [5.41, 5.74) is 0.126. The van der Waals surface area contributed by atoms with Crippen molar-refractivity contribution in [3.63, 3.8) is 0 Å². The van der Waals surface area contributed by atoms with Crippen molar-refractivity contribution in [2.45, 2.75) is 19.2 Å². The largest absolute Gasteiger partial charge is 0.416 e. The lowest BCUT2D eigenvalue weighted by Crippen LogP contribution is -2.08. The van der Waals surface area contributed by atoms with Gasteiger partial charge in [-0.3, -0.25) is 0 Å². The molecule has 0 saturated carbocycles. The van der Waals surface area contributed by atoms with Crippen molar-refractivity contribution < 1.29 is 22.7 Å². The Bertz CT molecular complexity index is 667. The van der Waals surface area contributed by atoms with Gasteiger partial charge in [-0.15, -0.1) is 0 Å². The first kappa shape index (κ1) is 15.8. The molecule has 112 valence electrons. The lowest BCUT2D eigenvalue weighted by Gasteiger charge is -2.16. The third kappa shape index (κ3) is 3.36. The number of hydrogen-bond acceptors (Lipinski definition) is 1. The Labute approximate surface area is 123 Å². The van der Waals surface area contributed by atoms with Gasteiger partial charge in [0.05, 0.1) is 10.6 Å². The summed E-state index contributed by atoms with van der Waals surface area (Å²) in [7, 11) is 0. The monoisotopic (exact) mass is 318 g/mol. The predicted octanol–water partition coefficient (Wildman–Crippen LogP) is 4.89. The van der Waals surface area contributed by atoms with Gasteiger partial charge in [-0.05, 0) is 47.9 Å². The normalized spacial score (nSPS) is 13.3. The number of benzene rings is 2. The molecule has 1 N–H and O–H groups in total. The molecule has 0 radical (unpaired) electrons. The smallest absolute Gasteiger partial charge is 0.384 e. The first-order valence-corrected chi connectivity index (χ1v) is 6.38. The molecule has 2 aromatic carbocycles. The van der Waals surface area contributed by atoms with Crippen LogP contribution in [0.5, 0.6) is 0 Å². The van der Waals surface area contributed by atoms with Gasteiger partial charge in [0.2, 0.25) is 0 Å². The number of aliphatic hydroxyl groups is 1. The molecule has 0 aliphatic carbocycles. The summed E-state index contributed by atoms with van der Waals surface area (Å²) in [5, 5.41) is 10.1. The average molecular weight is 319 g/mol. The third-order valence-electron chi connectivity index (χ3n) is 3.15. The van der Waals surface area contributed by atoms with Crippen LogP contribution in [0.4, 0.5) is 17.6 Å². The first-order chi connectivity index (χ1) is 9.70. The zero-order chi connectivity index (χ0) is 15.8. The van der Waals surface area contributed by atoms with Gasteiger partial charge >= 0.3 is 6.18 Å². The number of aliphatic hydroxyl groups excluding tert-OH is 1. The van der Waals surface area contributed by atoms with Crippen LogP contribution in [0.2, 0.25) is 5.02 Å². The summed E-state index contributed by atoms with van der Waals surface area (Å²) in [5.74, 6) is -0.628. The SMILES string of the molecule is Cc1cc(C(F)(F)F)ccc1C(O)c1ccc(F)c(Cl)c1. The maximum atomic E-state index is 13.1. The Morgan fingerprint density at radius 1 is 1.10 bits per heavy atom. The molecule has 0 aromatic heterocycles. The van der Waals surface area contributed by atoms with Crippen LogP contribution in [0.1, 0.15) is 28.4 Å². The van der Waals surface area contributed by atoms with Crippen LogP contribution in [0.3, 0.4) is 0 Å². The highest BCUT2D eigenvalue weighted by Gasteiger charge is 2.31. The van der Waals surface area contributed by atoms with E-state index in [1.807, 2.05) is 0 Å². The van der Waals surface area contributed by atoms with Crippen LogP contribution in [0.15, 0.2) is 36.4 Å². The van der Waals surface area contributed by atoms with Crippen molar-refractivity contribution in [2.24, 2.45) is 0 Å². The second-order valence-electron chi connectivity index (χ2n) is 4.65. The molecule has 0 amide bonds. The van der Waals surface area contributed by atoms with Gasteiger partial charge in [0.15, 0.2) is 0 Å². The quantitative estimate of drug-likeness (QED) is 0.782. The van der Waals surface area contributed by atoms with E-state index in [4.69, 9.17) is 11.6 Å². The Morgan fingerprint density at radius 3 is 2.29 bits per heavy atom. The van der Waals surface area contributed by atoms with Crippen LogP contribution in [0, 0.1) is 12.7 Å². The number of halogens is 5. The fraction of sp³-hybridized carbons (Fsp3) is 0.200. The molecule has 0 spiro atoms. The third-order valence-corrected chi connectivity index (χ3v) is 3.44. The Balaban J connectivity index is 2.39. The number of alkyl halides is 3. The molecule has 0 aliphatic heterocycles. The van der Waals surface area contributed by atoms with Gasteiger partial charge in [0, 0.05) is 0 Å². The number of aryl methyl sites for hydroxylation is 1. The maximum Gasteiger partial charge on any atom is 0.416 e. The van der Waals surface area contributed by atoms with Gasteiger partial charge in [0.1, 0.15) is 11.9 Å². The summed E-state index contributed by atoms with van der Waals surface area (Å²) < 4.78 is 50.9. The molecule has 6 heteroatoms. The molecule has 0 fully saturated rings. The molecule has 0 saturated heterocycles. The van der Waals surface area contributed by atoms with Crippen molar-refractivity contribution in [3.05, 3.63) is 69.5 Å². The van der Waals surface area contributed by atoms with E-state index in [1.165, 1.54) is 25.1 Å². The van der Waals surface area contributed by atoms with E-state index in [0.717, 1.165) is 18.2 Å². The van der Waals surface area contributed by atoms with Crippen LogP contribution < -0.4 is 0 Å². The molecular weight excluding hydrogens is 308 g/mol. The summed E-state index contributed by atoms with van der Waals surface area (Å²) in [6.07, 6.45) is -5.61. The minimum absolute atomic E-state index is 0.156. The van der Waals surface area contributed by atoms with Gasteiger partial charge in [-0.2, -0.15) is 13.2 Å². The fourth-order valence-electron chi connectivity index (χ4n) is 2.02. The first-order valence-electron chi connectivity index (χ1n) is 6.01. The molecular formula is C15H11ClF4O. The minimum Gasteiger partial charge on any atom is -0.384 e. The van der Waals surface area contributed by atoms with E-state index >= 15 is 0 Å². The predicted molar refractivity (Wildman–Crippen MR) is 71.7 cm³/mol. The summed E-state index contributed by atoms with van der Waals surface area (Å²) >= 11 is 5.64. The average Bonchev–Trinajstić information content (AvgIpc) is 2.40. The van der Waals surface area contributed by atoms with E-state index in [0.29, 0.717) is 11.1 Å². The van der Waals surface area contributed by atoms with Crippen molar-refractivity contribution in [3.8, 4) is 0 Å². The molecule has 1 atom stereocenters. The van der Waals surface area contributed by atoms with Gasteiger partial charge < -0.3 is 5.11 Å². The highest BCUT2D eigenvalue weighted by Crippen LogP contribution is 2.33. The van der Waals surface area contributed by atoms with E-state index in [-0.39, 0.29) is 10.6 Å². The van der Waals surface area contributed by atoms with Crippen LogP contribution in [-0.4, -0.2) is 5.11 Å². The Kier molecular flexibility index (Phi) is 4.25. The van der Waals surface area contributed by atoms with Crippen LogP contribution in [0.25, 0.3) is 0 Å². The highest BCUT2D eigenvalue weighted by atomic mass is 35.5. The van der Waals surface area contributed by atoms with Crippen molar-refractivity contribution in [2.75, 3.05) is 0 Å². The summed E-state index contributed by atoms with van der Waals surface area (Å²) in [6.45, 7) is 1.47. The maximum absolute atomic E-state index is 13.1. The van der Waals surface area contributed by atoms with Gasteiger partial charge in [0.25, 0.3) is 0 Å². The molecule has 1 unspecified atom stereocenters. The molecule has 2 aromatic rings. The zero-order valence-electron chi connectivity index (χ0n) is 10.9. The molecule has 0 aliphatic rings. The summed E-state index contributed by atoms with van der Waals surface area (Å²) in [6, 6.07) is 6.75. The highest BCUT2D eigenvalue weighted by molar-refractivity contribution is 6.30. The van der Waals surface area contributed by atoms with Gasteiger partial charge in [-0.25, -0.2) is 4.39 Å².